The van der Waals surface area contributed by atoms with Crippen molar-refractivity contribution in [2.75, 3.05) is 7.11 Å². The summed E-state index contributed by atoms with van der Waals surface area (Å²) in [4.78, 5) is 37.2. The molecule has 142 valence electrons. The molecule has 7 heteroatoms. The van der Waals surface area contributed by atoms with E-state index in [0.717, 1.165) is 27.9 Å². The largest absolute Gasteiger partial charge is 0.468 e. The summed E-state index contributed by atoms with van der Waals surface area (Å²) in [6.07, 6.45) is 8.32. The number of benzene rings is 1. The van der Waals surface area contributed by atoms with Crippen molar-refractivity contribution < 1.29 is 19.1 Å². The molecule has 2 fully saturated rings. The minimum Gasteiger partial charge on any atom is -0.468 e. The van der Waals surface area contributed by atoms with Crippen LogP contribution < -0.4 is 0 Å². The summed E-state index contributed by atoms with van der Waals surface area (Å²) in [6.45, 7) is 0.0750. The fourth-order valence-electron chi connectivity index (χ4n) is 4.83. The van der Waals surface area contributed by atoms with Gasteiger partial charge in [-0.05, 0) is 24.3 Å². The number of imide groups is 1. The Bertz CT molecular complexity index is 1040. The molecule has 28 heavy (non-hydrogen) atoms. The van der Waals surface area contributed by atoms with E-state index in [-0.39, 0.29) is 48.0 Å². The van der Waals surface area contributed by atoms with E-state index in [2.05, 4.69) is 17.3 Å². The molecule has 5 rings (SSSR count). The molecule has 0 N–H and O–H groups in total. The fraction of sp³-hybridized carbons (Fsp3) is 0.333. The van der Waals surface area contributed by atoms with Crippen molar-refractivity contribution in [2.24, 2.45) is 28.8 Å². The van der Waals surface area contributed by atoms with Gasteiger partial charge in [0.1, 0.15) is 6.54 Å². The smallest absolute Gasteiger partial charge is 0.325 e. The minimum atomic E-state index is -0.357. The van der Waals surface area contributed by atoms with Gasteiger partial charge in [0.25, 0.3) is 11.8 Å². The maximum Gasteiger partial charge on any atom is 0.325 e. The first kappa shape index (κ1) is 16.9. The zero-order valence-corrected chi connectivity index (χ0v) is 15.3. The molecule has 3 aliphatic rings. The molecule has 0 radical (unpaired) electrons. The molecule has 4 unspecified atom stereocenters. The molecule has 1 saturated carbocycles. The predicted molar refractivity (Wildman–Crippen MR) is 101 cm³/mol. The Hall–Kier alpha value is -3.22. The third-order valence-corrected chi connectivity index (χ3v) is 6.11. The van der Waals surface area contributed by atoms with Crippen LogP contribution in [-0.4, -0.2) is 40.7 Å². The molecule has 2 aliphatic carbocycles. The summed E-state index contributed by atoms with van der Waals surface area (Å²) in [6, 6.07) is 7.59. The van der Waals surface area contributed by atoms with Gasteiger partial charge in [0.2, 0.25) is 0 Å². The number of para-hydroxylation sites is 1. The summed E-state index contributed by atoms with van der Waals surface area (Å²) < 4.78 is 6.53. The Morgan fingerprint density at radius 2 is 1.86 bits per heavy atom. The minimum absolute atomic E-state index is 0.0750. The number of rotatable bonds is 4. The lowest BCUT2D eigenvalue weighted by molar-refractivity contribution is -0.142. The van der Waals surface area contributed by atoms with Gasteiger partial charge < -0.3 is 9.30 Å². The topological polar surface area (TPSA) is 81.0 Å². The Kier molecular flexibility index (Phi) is 3.72. The van der Waals surface area contributed by atoms with Gasteiger partial charge in [-0.2, -0.15) is 10.1 Å². The number of fused-ring (bicyclic) bond motifs is 6. The first-order valence-corrected chi connectivity index (χ1v) is 9.33. The number of allylic oxidation sites excluding steroid dienone is 2. The van der Waals surface area contributed by atoms with Crippen molar-refractivity contribution in [3.63, 3.8) is 0 Å². The average Bonchev–Trinajstić information content (AvgIpc) is 3.45. The highest BCUT2D eigenvalue weighted by Gasteiger charge is 2.59. The average molecular weight is 377 g/mol. The lowest BCUT2D eigenvalue weighted by Crippen LogP contribution is -2.28. The van der Waals surface area contributed by atoms with Crippen LogP contribution in [0.4, 0.5) is 0 Å². The molecule has 2 bridgehead atoms. The number of aromatic nitrogens is 1. The normalized spacial score (nSPS) is 28.1. The maximum atomic E-state index is 12.8. The van der Waals surface area contributed by atoms with Gasteiger partial charge in [-0.1, -0.05) is 30.4 Å². The van der Waals surface area contributed by atoms with Crippen molar-refractivity contribution in [3.05, 3.63) is 48.2 Å². The Balaban J connectivity index is 1.46. The van der Waals surface area contributed by atoms with Gasteiger partial charge in [0.15, 0.2) is 0 Å². The number of ether oxygens (including phenoxy) is 1. The highest BCUT2D eigenvalue weighted by molar-refractivity contribution is 6.07. The van der Waals surface area contributed by atoms with Crippen LogP contribution in [0.5, 0.6) is 0 Å². The van der Waals surface area contributed by atoms with Crippen LogP contribution in [0.1, 0.15) is 12.0 Å². The van der Waals surface area contributed by atoms with Gasteiger partial charge in [-0.3, -0.25) is 14.4 Å². The summed E-state index contributed by atoms with van der Waals surface area (Å²) in [7, 11) is 1.35. The second-order valence-electron chi connectivity index (χ2n) is 7.54. The lowest BCUT2D eigenvalue weighted by Gasteiger charge is -2.13. The Labute approximate surface area is 161 Å². The van der Waals surface area contributed by atoms with Gasteiger partial charge >= 0.3 is 5.97 Å². The highest BCUT2D eigenvalue weighted by atomic mass is 16.5. The molecule has 4 atom stereocenters. The van der Waals surface area contributed by atoms with Gasteiger partial charge in [0.05, 0.1) is 25.2 Å². The van der Waals surface area contributed by atoms with Crippen LogP contribution in [0, 0.1) is 23.7 Å². The van der Waals surface area contributed by atoms with E-state index < -0.39 is 0 Å². The van der Waals surface area contributed by atoms with Crippen molar-refractivity contribution >= 4 is 34.9 Å². The molecule has 7 nitrogen and oxygen atoms in total. The van der Waals surface area contributed by atoms with Crippen molar-refractivity contribution in [1.82, 2.24) is 9.58 Å². The van der Waals surface area contributed by atoms with Crippen LogP contribution in [-0.2, 0) is 25.7 Å². The van der Waals surface area contributed by atoms with Gasteiger partial charge in [0, 0.05) is 22.7 Å². The number of carbonyl (C=O) groups excluding carboxylic acids is 3. The number of esters is 1. The standard InChI is InChI=1S/C21H19N3O4/c1-28-17(25)11-23-10-14(15-4-2-3-5-16(15)23)9-22-24-20(26)18-12-6-7-13(8-12)19(18)21(24)27/h2-7,9-10,12-13,18-19H,8,11H2,1H3. The summed E-state index contributed by atoms with van der Waals surface area (Å²) in [5, 5.41) is 6.17. The second kappa shape index (κ2) is 6.15. The lowest BCUT2D eigenvalue weighted by atomic mass is 9.85. The van der Waals surface area contributed by atoms with E-state index in [4.69, 9.17) is 4.74 Å². The van der Waals surface area contributed by atoms with E-state index in [1.165, 1.54) is 13.3 Å². The molecule has 0 spiro atoms. The third kappa shape index (κ3) is 2.35. The molecule has 2 heterocycles. The van der Waals surface area contributed by atoms with Crippen molar-refractivity contribution in [1.29, 1.82) is 0 Å². The van der Waals surface area contributed by atoms with E-state index in [1.54, 1.807) is 10.8 Å². The van der Waals surface area contributed by atoms with Crippen molar-refractivity contribution in [2.45, 2.75) is 13.0 Å². The Morgan fingerprint density at radius 1 is 1.18 bits per heavy atom. The van der Waals surface area contributed by atoms with Crippen LogP contribution >= 0.6 is 0 Å². The van der Waals surface area contributed by atoms with Crippen LogP contribution in [0.3, 0.4) is 0 Å². The molecule has 1 aromatic carbocycles. The summed E-state index contributed by atoms with van der Waals surface area (Å²) in [5.74, 6) is -0.976. The number of methoxy groups -OCH3 is 1. The van der Waals surface area contributed by atoms with E-state index in [9.17, 15) is 14.4 Å². The van der Waals surface area contributed by atoms with Crippen molar-refractivity contribution in [3.8, 4) is 0 Å². The Morgan fingerprint density at radius 3 is 2.54 bits per heavy atom. The number of carbonyl (C=O) groups is 3. The van der Waals surface area contributed by atoms with Crippen LogP contribution in [0.2, 0.25) is 0 Å². The third-order valence-electron chi connectivity index (χ3n) is 6.11. The predicted octanol–water partition coefficient (Wildman–Crippen LogP) is 1.96. The summed E-state index contributed by atoms with van der Waals surface area (Å²) >= 11 is 0. The second-order valence-corrected chi connectivity index (χ2v) is 7.54. The van der Waals surface area contributed by atoms with Gasteiger partial charge in [-0.15, -0.1) is 0 Å². The summed E-state index contributed by atoms with van der Waals surface area (Å²) in [5.41, 5.74) is 1.59. The molecular weight excluding hydrogens is 358 g/mol. The molecule has 1 aliphatic heterocycles. The first-order chi connectivity index (χ1) is 13.6. The zero-order chi connectivity index (χ0) is 19.4. The molecule has 2 amide bonds. The van der Waals surface area contributed by atoms with Crippen LogP contribution in [0.25, 0.3) is 10.9 Å². The van der Waals surface area contributed by atoms with Crippen LogP contribution in [0.15, 0.2) is 47.7 Å². The van der Waals surface area contributed by atoms with Gasteiger partial charge in [-0.25, -0.2) is 0 Å². The first-order valence-electron chi connectivity index (χ1n) is 9.33. The zero-order valence-electron chi connectivity index (χ0n) is 15.3. The quantitative estimate of drug-likeness (QED) is 0.353. The fourth-order valence-corrected chi connectivity index (χ4v) is 4.83. The molecule has 1 aromatic heterocycles. The van der Waals surface area contributed by atoms with E-state index in [1.807, 2.05) is 24.3 Å². The SMILES string of the molecule is COC(=O)Cn1cc(C=NN2C(=O)C3C4C=CC(C4)C3C2=O)c2ccccc21. The maximum absolute atomic E-state index is 12.8. The monoisotopic (exact) mass is 377 g/mol. The van der Waals surface area contributed by atoms with E-state index in [0.29, 0.717) is 0 Å². The highest BCUT2D eigenvalue weighted by Crippen LogP contribution is 2.52. The number of nitrogens with zero attached hydrogens (tertiary/aromatic N) is 3. The van der Waals surface area contributed by atoms with E-state index >= 15 is 0 Å². The molecular formula is C21H19N3O4. The number of hydrogen-bond acceptors (Lipinski definition) is 5. The molecule has 1 saturated heterocycles. The number of hydrogen-bond donors (Lipinski definition) is 0. The molecule has 2 aromatic rings. The number of hydrazone groups is 1. The number of amides is 2.